The molecular formula is C8H26N4P4. The van der Waals surface area contributed by atoms with Gasteiger partial charge >= 0.3 is 101 Å². The Labute approximate surface area is 101 Å². The van der Waals surface area contributed by atoms with E-state index >= 15 is 0 Å². The number of nitrogens with one attached hydrogen (secondary N) is 1. The van der Waals surface area contributed by atoms with Crippen LogP contribution in [-0.4, -0.2) is 53.3 Å². The van der Waals surface area contributed by atoms with Gasteiger partial charge in [0.25, 0.3) is 0 Å². The zero-order chi connectivity index (χ0) is 12.8. The normalized spacial score (nSPS) is 32.0. The van der Waals surface area contributed by atoms with Gasteiger partial charge in [-0.3, -0.25) is 0 Å². The molecule has 0 saturated heterocycles. The van der Waals surface area contributed by atoms with E-state index in [0.717, 1.165) is 0 Å². The Morgan fingerprint density at radius 3 is 1.81 bits per heavy atom. The molecule has 0 unspecified atom stereocenters. The summed E-state index contributed by atoms with van der Waals surface area (Å²) < 4.78 is 15.1. The molecule has 0 atom stereocenters. The number of nitrogens with zero attached hydrogens (tertiary/aromatic N) is 3. The Bertz CT molecular complexity index is 445. The monoisotopic (exact) mass is 302 g/mol. The van der Waals surface area contributed by atoms with Crippen LogP contribution in [-0.2, 0) is 0 Å². The molecule has 0 bridgehead atoms. The van der Waals surface area contributed by atoms with Crippen molar-refractivity contribution in [3.05, 3.63) is 0 Å². The first-order valence-electron chi connectivity index (χ1n) is 5.38. The fourth-order valence-corrected chi connectivity index (χ4v) is 23.5. The predicted octanol–water partition coefficient (Wildman–Crippen LogP) is 4.56. The topological polar surface area (TPSA) is 49.1 Å². The first-order valence-corrected chi connectivity index (χ1v) is 16.1. The summed E-state index contributed by atoms with van der Waals surface area (Å²) in [6.07, 6.45) is 0. The van der Waals surface area contributed by atoms with Crippen LogP contribution in [0.25, 0.3) is 0 Å². The van der Waals surface area contributed by atoms with E-state index < -0.39 is 29.2 Å². The third kappa shape index (κ3) is 4.75. The van der Waals surface area contributed by atoms with Gasteiger partial charge in [-0.2, -0.15) is 0 Å². The van der Waals surface area contributed by atoms with Crippen LogP contribution in [0, 0.1) is 0 Å². The molecule has 16 heavy (non-hydrogen) atoms. The summed E-state index contributed by atoms with van der Waals surface area (Å²) in [7, 11) is -6.07. The van der Waals surface area contributed by atoms with Crippen molar-refractivity contribution in [2.45, 2.75) is 0 Å². The SMILES string of the molecule is CP1(C)=NP(C)(C)=N[PH](C)(C)NP(C)(C)=N1. The summed E-state index contributed by atoms with van der Waals surface area (Å²) in [5.74, 6) is 0. The van der Waals surface area contributed by atoms with Crippen LogP contribution in [0.15, 0.2) is 13.5 Å². The van der Waals surface area contributed by atoms with E-state index in [2.05, 4.69) is 58.2 Å². The van der Waals surface area contributed by atoms with Crippen molar-refractivity contribution in [1.82, 2.24) is 4.86 Å². The van der Waals surface area contributed by atoms with Crippen LogP contribution in [0.4, 0.5) is 0 Å². The molecule has 1 aliphatic rings. The number of hydrogen-bond donors (Lipinski definition) is 1. The number of rotatable bonds is 0. The van der Waals surface area contributed by atoms with Crippen LogP contribution < -0.4 is 4.86 Å². The summed E-state index contributed by atoms with van der Waals surface area (Å²) in [6, 6.07) is 0. The van der Waals surface area contributed by atoms with Crippen molar-refractivity contribution in [3.8, 4) is 0 Å². The minimum atomic E-state index is -1.70. The zero-order valence-corrected chi connectivity index (χ0v) is 15.4. The second-order valence-corrected chi connectivity index (χ2v) is 20.4. The maximum absolute atomic E-state index is 5.06. The van der Waals surface area contributed by atoms with Crippen molar-refractivity contribution in [1.29, 1.82) is 0 Å². The maximum atomic E-state index is 5.06. The van der Waals surface area contributed by atoms with Crippen molar-refractivity contribution < 1.29 is 0 Å². The van der Waals surface area contributed by atoms with Gasteiger partial charge in [0.05, 0.1) is 0 Å². The van der Waals surface area contributed by atoms with Gasteiger partial charge < -0.3 is 0 Å². The fourth-order valence-electron chi connectivity index (χ4n) is 2.45. The van der Waals surface area contributed by atoms with Gasteiger partial charge in [0, 0.05) is 0 Å². The Morgan fingerprint density at radius 2 is 1.31 bits per heavy atom. The van der Waals surface area contributed by atoms with Crippen molar-refractivity contribution in [2.75, 3.05) is 53.3 Å². The second kappa shape index (κ2) is 4.32. The van der Waals surface area contributed by atoms with Crippen LogP contribution in [0.1, 0.15) is 0 Å². The van der Waals surface area contributed by atoms with E-state index in [4.69, 9.17) is 13.5 Å². The van der Waals surface area contributed by atoms with Crippen molar-refractivity contribution in [2.24, 2.45) is 13.5 Å². The van der Waals surface area contributed by atoms with Crippen LogP contribution in [0.5, 0.6) is 0 Å². The molecular weight excluding hydrogens is 276 g/mol. The van der Waals surface area contributed by atoms with E-state index in [1.807, 2.05) is 0 Å². The van der Waals surface area contributed by atoms with Crippen molar-refractivity contribution >= 4 is 29.2 Å². The molecule has 98 valence electrons. The zero-order valence-electron chi connectivity index (χ0n) is 11.7. The third-order valence-corrected chi connectivity index (χ3v) is 17.3. The third-order valence-electron chi connectivity index (χ3n) is 1.92. The molecule has 0 radical (unpaired) electrons. The summed E-state index contributed by atoms with van der Waals surface area (Å²) in [4.78, 5) is 3.76. The molecule has 8 heteroatoms. The number of hydrogen-bond acceptors (Lipinski definition) is 4. The fraction of sp³-hybridized carbons (Fsp3) is 1.00. The van der Waals surface area contributed by atoms with E-state index in [1.54, 1.807) is 0 Å². The summed E-state index contributed by atoms with van der Waals surface area (Å²) in [6.45, 7) is 17.8. The Morgan fingerprint density at radius 1 is 0.812 bits per heavy atom. The first kappa shape index (κ1) is 15.1. The first-order chi connectivity index (χ1) is 6.83. The van der Waals surface area contributed by atoms with Crippen LogP contribution in [0.2, 0.25) is 0 Å². The standard InChI is InChI=1S/C8H26N4P4/c1-13(2)9-14(3,4)11-16(7,8)12-15(5,6)10-13/h9,13H,1-8H3. The average molecular weight is 302 g/mol. The Kier molecular flexibility index (Phi) is 4.09. The molecule has 0 aromatic carbocycles. The van der Waals surface area contributed by atoms with Gasteiger partial charge in [0.2, 0.25) is 0 Å². The van der Waals surface area contributed by atoms with Gasteiger partial charge in [-0.15, -0.1) is 0 Å². The van der Waals surface area contributed by atoms with E-state index in [-0.39, 0.29) is 0 Å². The quantitative estimate of drug-likeness (QED) is 0.655. The van der Waals surface area contributed by atoms with E-state index in [9.17, 15) is 0 Å². The van der Waals surface area contributed by atoms with Crippen molar-refractivity contribution in [3.63, 3.8) is 0 Å². The van der Waals surface area contributed by atoms with Crippen LogP contribution >= 0.6 is 29.2 Å². The van der Waals surface area contributed by atoms with E-state index in [0.29, 0.717) is 0 Å². The Hall–Kier alpha value is 1.08. The molecule has 1 N–H and O–H groups in total. The molecule has 0 saturated carbocycles. The summed E-state index contributed by atoms with van der Waals surface area (Å²) in [5.41, 5.74) is 0. The summed E-state index contributed by atoms with van der Waals surface area (Å²) in [5, 5.41) is 0. The summed E-state index contributed by atoms with van der Waals surface area (Å²) >= 11 is 0. The molecule has 1 rings (SSSR count). The molecule has 0 aliphatic carbocycles. The molecule has 0 fully saturated rings. The molecule has 1 aliphatic heterocycles. The molecule has 0 aromatic heterocycles. The Balaban J connectivity index is 3.53. The molecule has 0 spiro atoms. The van der Waals surface area contributed by atoms with Gasteiger partial charge in [-0.1, -0.05) is 0 Å². The second-order valence-electron chi connectivity index (χ2n) is 6.02. The average Bonchev–Trinajstić information content (AvgIpc) is 1.67. The van der Waals surface area contributed by atoms with Gasteiger partial charge in [-0.25, -0.2) is 0 Å². The van der Waals surface area contributed by atoms with E-state index in [1.165, 1.54) is 0 Å². The van der Waals surface area contributed by atoms with Gasteiger partial charge in [-0.05, 0) is 0 Å². The van der Waals surface area contributed by atoms with Gasteiger partial charge in [0.15, 0.2) is 0 Å². The minimum absolute atomic E-state index is 1.39. The molecule has 0 aromatic rings. The van der Waals surface area contributed by atoms with Crippen LogP contribution in [0.3, 0.4) is 0 Å². The molecule has 0 amide bonds. The van der Waals surface area contributed by atoms with Gasteiger partial charge in [0.1, 0.15) is 0 Å². The predicted molar refractivity (Wildman–Crippen MR) is 86.9 cm³/mol. The molecule has 1 heterocycles. The molecule has 4 nitrogen and oxygen atoms in total.